The molecular formula is C17H19N5O2S. The summed E-state index contributed by atoms with van der Waals surface area (Å²) >= 11 is 1.41. The molecule has 0 saturated heterocycles. The first-order valence-corrected chi connectivity index (χ1v) is 8.85. The zero-order valence-electron chi connectivity index (χ0n) is 13.9. The van der Waals surface area contributed by atoms with Crippen LogP contribution in [0.1, 0.15) is 17.8 Å². The lowest BCUT2D eigenvalue weighted by Crippen LogP contribution is -2.34. The molecule has 0 aliphatic carbocycles. The molecule has 7 nitrogen and oxygen atoms in total. The maximum Gasteiger partial charge on any atom is 0.275 e. The van der Waals surface area contributed by atoms with Crippen LogP contribution < -0.4 is 16.6 Å². The quantitative estimate of drug-likeness (QED) is 0.651. The number of anilines is 1. The molecule has 0 fully saturated rings. The zero-order valence-corrected chi connectivity index (χ0v) is 14.7. The molecule has 130 valence electrons. The van der Waals surface area contributed by atoms with Crippen LogP contribution in [-0.2, 0) is 17.8 Å². The molecule has 0 radical (unpaired) electrons. The Morgan fingerprint density at radius 1 is 1.32 bits per heavy atom. The van der Waals surface area contributed by atoms with Gasteiger partial charge in [0.25, 0.3) is 5.56 Å². The summed E-state index contributed by atoms with van der Waals surface area (Å²) in [5.74, 6) is -0.234. The summed E-state index contributed by atoms with van der Waals surface area (Å²) in [6.45, 7) is 2.25. The molecule has 3 N–H and O–H groups in total. The average Bonchev–Trinajstić information content (AvgIpc) is 3.02. The van der Waals surface area contributed by atoms with Crippen molar-refractivity contribution in [1.29, 1.82) is 0 Å². The number of hydrogen-bond donors (Lipinski definition) is 2. The lowest BCUT2D eigenvalue weighted by Gasteiger charge is -2.09. The number of carbonyl (C=O) groups is 1. The van der Waals surface area contributed by atoms with Gasteiger partial charge in [-0.05, 0) is 25.8 Å². The van der Waals surface area contributed by atoms with E-state index in [0.29, 0.717) is 17.1 Å². The summed E-state index contributed by atoms with van der Waals surface area (Å²) in [6, 6.07) is 7.28. The molecule has 0 spiro atoms. The summed E-state index contributed by atoms with van der Waals surface area (Å²) in [6.07, 6.45) is 1.51. The van der Waals surface area contributed by atoms with Crippen LogP contribution in [0.25, 0.3) is 10.8 Å². The first kappa shape index (κ1) is 17.1. The van der Waals surface area contributed by atoms with E-state index in [1.54, 1.807) is 12.1 Å². The van der Waals surface area contributed by atoms with Crippen molar-refractivity contribution in [3.63, 3.8) is 0 Å². The summed E-state index contributed by atoms with van der Waals surface area (Å²) in [7, 11) is 0. The first-order valence-electron chi connectivity index (χ1n) is 7.97. The van der Waals surface area contributed by atoms with Gasteiger partial charge in [-0.3, -0.25) is 9.59 Å². The summed E-state index contributed by atoms with van der Waals surface area (Å²) < 4.78 is 1.22. The van der Waals surface area contributed by atoms with Crippen molar-refractivity contribution >= 4 is 33.1 Å². The maximum absolute atomic E-state index is 12.4. The van der Waals surface area contributed by atoms with E-state index in [0.717, 1.165) is 29.6 Å². The highest BCUT2D eigenvalue weighted by Gasteiger charge is 2.10. The molecule has 0 bridgehead atoms. The molecule has 0 aliphatic rings. The number of fused-ring (bicyclic) bond motifs is 1. The fraction of sp³-hybridized carbons (Fsp3) is 0.294. The molecule has 2 aromatic heterocycles. The number of carbonyl (C=O) groups excluding carboxylic acids is 1. The Hall–Kier alpha value is -2.74. The van der Waals surface area contributed by atoms with Gasteiger partial charge in [0.2, 0.25) is 5.91 Å². The molecule has 2 heterocycles. The minimum Gasteiger partial charge on any atom is -0.375 e. The number of amides is 1. The molecule has 0 saturated carbocycles. The highest BCUT2D eigenvalue weighted by atomic mass is 32.1. The van der Waals surface area contributed by atoms with Crippen molar-refractivity contribution in [2.75, 3.05) is 12.3 Å². The van der Waals surface area contributed by atoms with Gasteiger partial charge in [0.1, 0.15) is 6.54 Å². The third kappa shape index (κ3) is 4.03. The van der Waals surface area contributed by atoms with E-state index < -0.39 is 0 Å². The summed E-state index contributed by atoms with van der Waals surface area (Å²) in [4.78, 5) is 28.7. The van der Waals surface area contributed by atoms with E-state index in [1.165, 1.54) is 16.0 Å². The van der Waals surface area contributed by atoms with E-state index in [9.17, 15) is 9.59 Å². The Morgan fingerprint density at radius 2 is 2.08 bits per heavy atom. The number of benzene rings is 1. The van der Waals surface area contributed by atoms with Crippen LogP contribution in [0.5, 0.6) is 0 Å². The van der Waals surface area contributed by atoms with E-state index in [-0.39, 0.29) is 18.0 Å². The fourth-order valence-electron chi connectivity index (χ4n) is 2.64. The normalized spacial score (nSPS) is 10.9. The van der Waals surface area contributed by atoms with Gasteiger partial charge in [-0.2, -0.15) is 5.10 Å². The van der Waals surface area contributed by atoms with E-state index in [4.69, 9.17) is 5.73 Å². The number of thiazole rings is 1. The second-order valence-electron chi connectivity index (χ2n) is 5.72. The van der Waals surface area contributed by atoms with E-state index in [2.05, 4.69) is 15.4 Å². The van der Waals surface area contributed by atoms with E-state index in [1.807, 2.05) is 24.4 Å². The fourth-order valence-corrected chi connectivity index (χ4v) is 3.24. The number of aromatic nitrogens is 3. The molecule has 0 unspecified atom stereocenters. The minimum absolute atomic E-state index is 0.0891. The summed E-state index contributed by atoms with van der Waals surface area (Å²) in [5.41, 5.74) is 6.98. The number of nitrogen functional groups attached to an aromatic ring is 1. The zero-order chi connectivity index (χ0) is 17.8. The number of rotatable bonds is 6. The molecule has 0 aliphatic heterocycles. The Labute approximate surface area is 148 Å². The SMILES string of the molecule is Cc1nn(CC(=O)NCCCc2csc(N)n2)c(=O)c2ccccc12. The van der Waals surface area contributed by atoms with Gasteiger partial charge in [0, 0.05) is 17.3 Å². The predicted molar refractivity (Wildman–Crippen MR) is 98.6 cm³/mol. The Kier molecular flexibility index (Phi) is 5.08. The van der Waals surface area contributed by atoms with Crippen LogP contribution in [0.4, 0.5) is 5.13 Å². The van der Waals surface area contributed by atoms with Gasteiger partial charge >= 0.3 is 0 Å². The maximum atomic E-state index is 12.4. The van der Waals surface area contributed by atoms with Crippen LogP contribution in [0.15, 0.2) is 34.4 Å². The van der Waals surface area contributed by atoms with E-state index >= 15 is 0 Å². The summed E-state index contributed by atoms with van der Waals surface area (Å²) in [5, 5.41) is 10.9. The van der Waals surface area contributed by atoms with Crippen LogP contribution in [0.3, 0.4) is 0 Å². The lowest BCUT2D eigenvalue weighted by molar-refractivity contribution is -0.121. The van der Waals surface area contributed by atoms with Gasteiger partial charge in [-0.25, -0.2) is 9.67 Å². The van der Waals surface area contributed by atoms with Crippen molar-refractivity contribution < 1.29 is 4.79 Å². The van der Waals surface area contributed by atoms with Crippen molar-refractivity contribution in [1.82, 2.24) is 20.1 Å². The topological polar surface area (TPSA) is 103 Å². The molecule has 1 amide bonds. The molecule has 8 heteroatoms. The van der Waals surface area contributed by atoms with Gasteiger partial charge < -0.3 is 11.1 Å². The number of nitrogens with one attached hydrogen (secondary N) is 1. The third-order valence-electron chi connectivity index (χ3n) is 3.85. The number of hydrogen-bond acceptors (Lipinski definition) is 6. The second-order valence-corrected chi connectivity index (χ2v) is 6.61. The second kappa shape index (κ2) is 7.43. The minimum atomic E-state index is -0.255. The Balaban J connectivity index is 1.58. The number of nitrogens with zero attached hydrogens (tertiary/aromatic N) is 3. The predicted octanol–water partition coefficient (Wildman–Crippen LogP) is 1.49. The van der Waals surface area contributed by atoms with Crippen LogP contribution in [0.2, 0.25) is 0 Å². The third-order valence-corrected chi connectivity index (χ3v) is 4.57. The van der Waals surface area contributed by atoms with Crippen molar-refractivity contribution in [2.24, 2.45) is 0 Å². The molecule has 3 aromatic rings. The van der Waals surface area contributed by atoms with Crippen LogP contribution >= 0.6 is 11.3 Å². The Morgan fingerprint density at radius 3 is 2.80 bits per heavy atom. The number of aryl methyl sites for hydroxylation is 2. The largest absolute Gasteiger partial charge is 0.375 e. The van der Waals surface area contributed by atoms with Crippen molar-refractivity contribution in [3.05, 3.63) is 51.4 Å². The van der Waals surface area contributed by atoms with Crippen molar-refractivity contribution in [3.8, 4) is 0 Å². The molecule has 1 aromatic carbocycles. The van der Waals surface area contributed by atoms with Gasteiger partial charge in [0.05, 0.1) is 16.8 Å². The van der Waals surface area contributed by atoms with Gasteiger partial charge in [-0.15, -0.1) is 11.3 Å². The average molecular weight is 357 g/mol. The van der Waals surface area contributed by atoms with Crippen LogP contribution in [-0.4, -0.2) is 27.2 Å². The standard InChI is InChI=1S/C17H19N5O2S/c1-11-13-6-2-3-7-14(13)16(24)22(21-11)9-15(23)19-8-4-5-12-10-25-17(18)20-12/h2-3,6-7,10H,4-5,8-9H2,1H3,(H2,18,20)(H,19,23). The smallest absolute Gasteiger partial charge is 0.275 e. The molecule has 3 rings (SSSR count). The monoisotopic (exact) mass is 357 g/mol. The van der Waals surface area contributed by atoms with Crippen LogP contribution in [0, 0.1) is 6.92 Å². The molecule has 25 heavy (non-hydrogen) atoms. The van der Waals surface area contributed by atoms with Gasteiger partial charge in [0.15, 0.2) is 5.13 Å². The Bertz CT molecular complexity index is 963. The highest BCUT2D eigenvalue weighted by molar-refractivity contribution is 7.13. The lowest BCUT2D eigenvalue weighted by atomic mass is 10.1. The van der Waals surface area contributed by atoms with Crippen molar-refractivity contribution in [2.45, 2.75) is 26.3 Å². The molecular weight excluding hydrogens is 338 g/mol. The molecule has 0 atom stereocenters. The number of nitrogens with two attached hydrogens (primary N) is 1. The highest BCUT2D eigenvalue weighted by Crippen LogP contribution is 2.12. The first-order chi connectivity index (χ1) is 12.0. The van der Waals surface area contributed by atoms with Gasteiger partial charge in [-0.1, -0.05) is 18.2 Å².